The van der Waals surface area contributed by atoms with Crippen LogP contribution in [0.5, 0.6) is 0 Å². The number of benzene rings is 2. The van der Waals surface area contributed by atoms with E-state index in [0.29, 0.717) is 32.4 Å². The van der Waals surface area contributed by atoms with Crippen molar-refractivity contribution in [2.24, 2.45) is 14.1 Å². The number of fused-ring (bicyclic) bond motifs is 2. The number of aryl methyl sites for hydroxylation is 2. The van der Waals surface area contributed by atoms with E-state index in [2.05, 4.69) is 9.84 Å². The standard InChI is InChI=1S/C27H26N5O9P.Na.H/c1-29-15-19(18-7-3-4-8-20(18)29)23-24(22-13-16-9-10-17(32(36)37)14-21(16)30(22)2)26(34)31(25(23)33)27(35)28-11-5-6-12-41-42(38,39)40;;/h3-4,7-10,13-15H,5-6,11-12H2,1-2H3,(H,28,35)(H2,38,39,40);;. The van der Waals surface area contributed by atoms with Crippen LogP contribution in [0.2, 0.25) is 0 Å². The predicted molar refractivity (Wildman–Crippen MR) is 159 cm³/mol. The summed E-state index contributed by atoms with van der Waals surface area (Å²) in [7, 11) is -1.19. The van der Waals surface area contributed by atoms with Crippen LogP contribution in [0.3, 0.4) is 0 Å². The summed E-state index contributed by atoms with van der Waals surface area (Å²) >= 11 is 0. The van der Waals surface area contributed by atoms with E-state index in [0.717, 1.165) is 5.52 Å². The second-order valence-corrected chi connectivity index (χ2v) is 11.0. The molecule has 3 N–H and O–H groups in total. The number of hydrogen-bond acceptors (Lipinski definition) is 7. The molecule has 4 aromatic rings. The molecular formula is C27H27N5NaO9P. The van der Waals surface area contributed by atoms with E-state index < -0.39 is 30.6 Å². The predicted octanol–water partition coefficient (Wildman–Crippen LogP) is 2.81. The monoisotopic (exact) mass is 619 g/mol. The first-order chi connectivity index (χ1) is 19.9. The second kappa shape index (κ2) is 12.5. The summed E-state index contributed by atoms with van der Waals surface area (Å²) in [6.45, 7) is -0.227. The van der Waals surface area contributed by atoms with E-state index in [1.54, 1.807) is 53.7 Å². The normalized spacial score (nSPS) is 13.7. The van der Waals surface area contributed by atoms with Gasteiger partial charge in [0.2, 0.25) is 0 Å². The summed E-state index contributed by atoms with van der Waals surface area (Å²) in [4.78, 5) is 69.9. The fraction of sp³-hybridized carbons (Fsp3) is 0.222. The van der Waals surface area contributed by atoms with Crippen molar-refractivity contribution < 1.29 is 38.2 Å². The molecular weight excluding hydrogens is 592 g/mol. The molecule has 5 rings (SSSR count). The number of aromatic nitrogens is 2. The average molecular weight is 620 g/mol. The first kappa shape index (κ1) is 32.3. The second-order valence-electron chi connectivity index (χ2n) is 9.72. The Morgan fingerprint density at radius 1 is 1.02 bits per heavy atom. The molecule has 4 amide bonds. The van der Waals surface area contributed by atoms with Gasteiger partial charge in [0.15, 0.2) is 0 Å². The molecule has 14 nitrogen and oxygen atoms in total. The molecule has 2 aromatic carbocycles. The molecule has 43 heavy (non-hydrogen) atoms. The van der Waals surface area contributed by atoms with Crippen molar-refractivity contribution in [2.75, 3.05) is 13.2 Å². The van der Waals surface area contributed by atoms with Crippen molar-refractivity contribution in [1.29, 1.82) is 0 Å². The molecule has 0 unspecified atom stereocenters. The first-order valence-electron chi connectivity index (χ1n) is 12.8. The van der Waals surface area contributed by atoms with E-state index in [1.165, 1.54) is 12.1 Å². The number of rotatable bonds is 9. The van der Waals surface area contributed by atoms with Gasteiger partial charge in [0, 0.05) is 60.8 Å². The van der Waals surface area contributed by atoms with Gasteiger partial charge in [-0.1, -0.05) is 18.2 Å². The third-order valence-corrected chi connectivity index (χ3v) is 7.57. The van der Waals surface area contributed by atoms with Crippen molar-refractivity contribution in [3.8, 4) is 0 Å². The van der Waals surface area contributed by atoms with E-state index in [-0.39, 0.29) is 72.4 Å². The number of nitro groups is 1. The molecule has 0 bridgehead atoms. The molecule has 0 saturated carbocycles. The van der Waals surface area contributed by atoms with Crippen molar-refractivity contribution in [3.63, 3.8) is 0 Å². The van der Waals surface area contributed by atoms with Crippen molar-refractivity contribution in [1.82, 2.24) is 19.4 Å². The molecule has 220 valence electrons. The van der Waals surface area contributed by atoms with Gasteiger partial charge in [0.1, 0.15) is 0 Å². The number of amides is 4. The molecule has 2 aromatic heterocycles. The van der Waals surface area contributed by atoms with E-state index >= 15 is 0 Å². The molecule has 3 heterocycles. The van der Waals surface area contributed by atoms with Gasteiger partial charge in [-0.2, -0.15) is 4.90 Å². The Bertz CT molecular complexity index is 1870. The number of nitrogens with zero attached hydrogens (tertiary/aromatic N) is 4. The summed E-state index contributed by atoms with van der Waals surface area (Å²) in [5.41, 5.74) is 1.86. The third-order valence-electron chi connectivity index (χ3n) is 7.06. The minimum atomic E-state index is -4.61. The zero-order chi connectivity index (χ0) is 30.3. The number of para-hydroxylation sites is 1. The SMILES string of the molecule is Cn1cc(C2=C(c3cc4ccc([N+](=O)[O-])cc4n3C)C(=O)N(C(=O)NCCCCOP(=O)(O)O)C2=O)c2ccccc21.[NaH]. The van der Waals surface area contributed by atoms with Crippen LogP contribution >= 0.6 is 7.82 Å². The fourth-order valence-electron chi connectivity index (χ4n) is 5.10. The third kappa shape index (κ3) is 6.22. The van der Waals surface area contributed by atoms with E-state index in [9.17, 15) is 29.1 Å². The number of unbranched alkanes of at least 4 members (excludes halogenated alkanes) is 1. The molecule has 0 atom stereocenters. The topological polar surface area (TPSA) is 186 Å². The zero-order valence-electron chi connectivity index (χ0n) is 22.5. The number of phosphoric ester groups is 1. The van der Waals surface area contributed by atoms with Gasteiger partial charge in [-0.05, 0) is 31.0 Å². The van der Waals surface area contributed by atoms with Crippen LogP contribution in [0.1, 0.15) is 24.1 Å². The number of carbonyl (C=O) groups excluding carboxylic acids is 3. The average Bonchev–Trinajstić information content (AvgIpc) is 3.53. The van der Waals surface area contributed by atoms with Crippen molar-refractivity contribution >= 4 is 93.9 Å². The van der Waals surface area contributed by atoms with Gasteiger partial charge in [0.25, 0.3) is 17.5 Å². The van der Waals surface area contributed by atoms with Crippen LogP contribution in [0.4, 0.5) is 10.5 Å². The first-order valence-corrected chi connectivity index (χ1v) is 14.3. The maximum absolute atomic E-state index is 13.9. The van der Waals surface area contributed by atoms with Gasteiger partial charge < -0.3 is 24.2 Å². The van der Waals surface area contributed by atoms with Crippen molar-refractivity contribution in [3.05, 3.63) is 76.1 Å². The molecule has 0 spiro atoms. The number of nitro benzene ring substituents is 1. The number of phosphoric acid groups is 1. The molecule has 1 aliphatic rings. The number of imide groups is 3. The fourth-order valence-corrected chi connectivity index (χ4v) is 5.47. The number of urea groups is 1. The summed E-state index contributed by atoms with van der Waals surface area (Å²) in [6.07, 6.45) is 2.18. The summed E-state index contributed by atoms with van der Waals surface area (Å²) in [5.74, 6) is -1.68. The van der Waals surface area contributed by atoms with Crippen molar-refractivity contribution in [2.45, 2.75) is 12.8 Å². The Morgan fingerprint density at radius 3 is 2.42 bits per heavy atom. The Morgan fingerprint density at radius 2 is 1.72 bits per heavy atom. The van der Waals surface area contributed by atoms with Crippen LogP contribution in [0, 0.1) is 10.1 Å². The van der Waals surface area contributed by atoms with Crippen LogP contribution < -0.4 is 5.32 Å². The Labute approximate surface area is 266 Å². The maximum atomic E-state index is 13.9. The van der Waals surface area contributed by atoms with Gasteiger partial charge >= 0.3 is 43.4 Å². The van der Waals surface area contributed by atoms with Crippen LogP contribution in [-0.2, 0) is 32.8 Å². The molecule has 1 aliphatic heterocycles. The Kier molecular flexibility index (Phi) is 9.42. The number of non-ortho nitro benzene ring substituents is 1. The number of carbonyl (C=O) groups is 3. The molecule has 0 fully saturated rings. The summed E-state index contributed by atoms with van der Waals surface area (Å²) in [5, 5.41) is 15.2. The number of nitrogens with one attached hydrogen (secondary N) is 1. The van der Waals surface area contributed by atoms with Crippen LogP contribution in [0.15, 0.2) is 54.7 Å². The number of hydrogen-bond donors (Lipinski definition) is 3. The Hall–Kier alpha value is -3.62. The van der Waals surface area contributed by atoms with E-state index in [1.807, 2.05) is 12.1 Å². The molecule has 0 radical (unpaired) electrons. The molecule has 0 saturated heterocycles. The minimum absolute atomic E-state index is 0. The van der Waals surface area contributed by atoms with Gasteiger partial charge in [0.05, 0.1) is 33.9 Å². The Balaban J connectivity index is 0.00000423. The molecule has 16 heteroatoms. The van der Waals surface area contributed by atoms with Gasteiger partial charge in [-0.25, -0.2) is 9.36 Å². The summed E-state index contributed by atoms with van der Waals surface area (Å²) < 4.78 is 18.6. The zero-order valence-corrected chi connectivity index (χ0v) is 23.4. The quantitative estimate of drug-likeness (QED) is 0.0633. The molecule has 0 aliphatic carbocycles. The van der Waals surface area contributed by atoms with Gasteiger partial charge in [-0.3, -0.25) is 24.2 Å². The van der Waals surface area contributed by atoms with E-state index in [4.69, 9.17) is 9.79 Å². The summed E-state index contributed by atoms with van der Waals surface area (Å²) in [6, 6.07) is 12.3. The van der Waals surface area contributed by atoms with Crippen LogP contribution in [-0.4, -0.2) is 89.3 Å². The van der Waals surface area contributed by atoms with Crippen LogP contribution in [0.25, 0.3) is 33.0 Å². The van der Waals surface area contributed by atoms with Gasteiger partial charge in [-0.15, -0.1) is 0 Å².